The lowest BCUT2D eigenvalue weighted by Gasteiger charge is -2.76. The van der Waals surface area contributed by atoms with Gasteiger partial charge in [-0.1, -0.05) is 157 Å². The zero-order chi connectivity index (χ0) is 32.6. The molecule has 0 unspecified atom stereocenters. The number of hydrogen-bond acceptors (Lipinski definition) is 1. The van der Waals surface area contributed by atoms with E-state index in [1.165, 1.54) is 11.1 Å². The van der Waals surface area contributed by atoms with Crippen molar-refractivity contribution in [3.63, 3.8) is 0 Å². The third kappa shape index (κ3) is 5.20. The largest absolute Gasteiger partial charge is 0.547 e. The molecular formula is C31H70OSi9. The quantitative estimate of drug-likeness (QED) is 0.244. The van der Waals surface area contributed by atoms with Gasteiger partial charge in [0.1, 0.15) is 0 Å². The van der Waals surface area contributed by atoms with Crippen molar-refractivity contribution < 1.29 is 4.43 Å². The van der Waals surface area contributed by atoms with Gasteiger partial charge in [-0.25, -0.2) is 0 Å². The molecule has 10 heteroatoms. The van der Waals surface area contributed by atoms with E-state index in [2.05, 4.69) is 164 Å². The predicted molar refractivity (Wildman–Crippen MR) is 216 cm³/mol. The van der Waals surface area contributed by atoms with Crippen LogP contribution < -0.4 is 0 Å². The van der Waals surface area contributed by atoms with Crippen molar-refractivity contribution in [1.29, 1.82) is 0 Å². The molecule has 0 aromatic heterocycles. The SMILES string of the molecule is Cc1ccccc1C(O[Si](C(C)C)(C(C)C)C(C)C)=[Si]1[Si](C)(C)[Si](C)(C)[Si]([Si](C)(C)C)([Si](C)(C)C)[Si](C)(C)[Si]1(C)C. The second-order valence-electron chi connectivity index (χ2n) is 18.7. The van der Waals surface area contributed by atoms with Crippen molar-refractivity contribution in [2.75, 3.05) is 0 Å². The van der Waals surface area contributed by atoms with Crippen LogP contribution in [0, 0.1) is 6.92 Å². The lowest BCUT2D eigenvalue weighted by molar-refractivity contribution is 0.482. The van der Waals surface area contributed by atoms with Gasteiger partial charge in [0.25, 0.3) is 8.32 Å². The molecule has 0 atom stereocenters. The van der Waals surface area contributed by atoms with Crippen molar-refractivity contribution in [2.24, 2.45) is 0 Å². The maximum absolute atomic E-state index is 8.18. The highest BCUT2D eigenvalue weighted by Crippen LogP contribution is 2.54. The van der Waals surface area contributed by atoms with E-state index in [0.717, 1.165) is 0 Å². The zero-order valence-corrected chi connectivity index (χ0v) is 40.4. The summed E-state index contributed by atoms with van der Waals surface area (Å²) in [6, 6.07) is 9.43. The Balaban J connectivity index is 3.36. The van der Waals surface area contributed by atoms with Crippen LogP contribution in [-0.4, -0.2) is 70.9 Å². The second kappa shape index (κ2) is 11.6. The predicted octanol–water partition coefficient (Wildman–Crippen LogP) is 10.3. The van der Waals surface area contributed by atoms with Crippen LogP contribution in [0.1, 0.15) is 52.7 Å². The molecule has 1 aromatic rings. The van der Waals surface area contributed by atoms with E-state index in [-0.39, 0.29) is 0 Å². The molecule has 0 N–H and O–H groups in total. The highest BCUT2D eigenvalue weighted by atomic mass is 30.4. The number of benzene rings is 1. The van der Waals surface area contributed by atoms with Crippen molar-refractivity contribution in [2.45, 2.75) is 157 Å². The molecule has 2 rings (SSSR count). The van der Waals surface area contributed by atoms with Crippen LogP contribution in [0.3, 0.4) is 0 Å². The summed E-state index contributed by atoms with van der Waals surface area (Å²) in [5.74, 6) is 0. The minimum Gasteiger partial charge on any atom is -0.547 e. The number of rotatable bonds is 8. The molecule has 1 nitrogen and oxygen atoms in total. The van der Waals surface area contributed by atoms with Crippen LogP contribution in [0.4, 0.5) is 0 Å². The number of hydrogen-bond donors (Lipinski definition) is 0. The number of aryl methyl sites for hydroxylation is 1. The minimum atomic E-state index is -2.11. The maximum Gasteiger partial charge on any atom is 0.258 e. The summed E-state index contributed by atoms with van der Waals surface area (Å²) in [5, 5.41) is 1.62. The highest BCUT2D eigenvalue weighted by Gasteiger charge is 2.81. The van der Waals surface area contributed by atoms with Gasteiger partial charge in [-0.2, -0.15) is 0 Å². The van der Waals surface area contributed by atoms with Crippen LogP contribution >= 0.6 is 0 Å². The Labute approximate surface area is 265 Å². The molecule has 0 spiro atoms. The molecule has 1 aliphatic rings. The molecule has 1 aliphatic heterocycles. The average Bonchev–Trinajstić information content (AvgIpc) is 2.72. The maximum atomic E-state index is 8.18. The molecule has 0 bridgehead atoms. The van der Waals surface area contributed by atoms with E-state index >= 15 is 0 Å². The van der Waals surface area contributed by atoms with Gasteiger partial charge >= 0.3 is 0 Å². The molecule has 0 saturated carbocycles. The molecule has 1 aromatic carbocycles. The van der Waals surface area contributed by atoms with Gasteiger partial charge in [0.05, 0.1) is 19.6 Å². The lowest BCUT2D eigenvalue weighted by atomic mass is 10.1. The first kappa shape index (κ1) is 38.0. The first-order chi connectivity index (χ1) is 18.1. The topological polar surface area (TPSA) is 9.23 Å². The Morgan fingerprint density at radius 2 is 0.976 bits per heavy atom. The first-order valence-electron chi connectivity index (χ1n) is 16.6. The molecule has 1 fully saturated rings. The molecule has 236 valence electrons. The molecule has 0 amide bonds. The summed E-state index contributed by atoms with van der Waals surface area (Å²) in [6.07, 6.45) is -1.49. The van der Waals surface area contributed by atoms with Gasteiger partial charge in [-0.15, -0.1) is 0 Å². The third-order valence-electron chi connectivity index (χ3n) is 13.1. The fraction of sp³-hybridized carbons (Fsp3) is 0.774. The summed E-state index contributed by atoms with van der Waals surface area (Å²) < 4.78 is 8.18. The Kier molecular flexibility index (Phi) is 10.7. The van der Waals surface area contributed by atoms with Gasteiger partial charge in [0.15, 0.2) is 0 Å². The standard InChI is InChI=1S/C31H70OSi9/c1-26(2)40(27(3)4,28(5)6)32-31(30-25-23-22-24-29(30)7)33-36(14,15)38(18,19)41(34(8,9)10,35(11,12)13)39(20,21)37(33,16)17/h22-28H,1-21H3. The lowest BCUT2D eigenvalue weighted by Crippen LogP contribution is -3.07. The van der Waals surface area contributed by atoms with Crippen molar-refractivity contribution in [3.05, 3.63) is 35.4 Å². The third-order valence-corrected chi connectivity index (χ3v) is 231. The van der Waals surface area contributed by atoms with Crippen LogP contribution in [0.15, 0.2) is 24.3 Å². The normalized spacial score (nSPS) is 21.9. The van der Waals surface area contributed by atoms with Crippen molar-refractivity contribution in [3.8, 4) is 0 Å². The van der Waals surface area contributed by atoms with Crippen LogP contribution in [0.25, 0.3) is 0 Å². The smallest absolute Gasteiger partial charge is 0.258 e. The van der Waals surface area contributed by atoms with E-state index in [1.54, 1.807) is 5.35 Å². The molecule has 0 aliphatic carbocycles. The van der Waals surface area contributed by atoms with Crippen LogP contribution in [0.2, 0.25) is 108 Å². The Hall–Kier alpha value is 0.842. The average molecular weight is 712 g/mol. The second-order valence-corrected chi connectivity index (χ2v) is 116. The molecule has 1 saturated heterocycles. The highest BCUT2D eigenvalue weighted by molar-refractivity contribution is 8.26. The van der Waals surface area contributed by atoms with Gasteiger partial charge in [0.2, 0.25) is 0 Å². The van der Waals surface area contributed by atoms with Gasteiger partial charge in [0, 0.05) is 48.6 Å². The Bertz CT molecular complexity index is 1080. The fourth-order valence-corrected chi connectivity index (χ4v) is 428. The molecular weight excluding hydrogens is 641 g/mol. The van der Waals surface area contributed by atoms with E-state index in [4.69, 9.17) is 4.43 Å². The molecule has 1 heterocycles. The molecule has 41 heavy (non-hydrogen) atoms. The summed E-state index contributed by atoms with van der Waals surface area (Å²) in [6.45, 7) is 58.6. The summed E-state index contributed by atoms with van der Waals surface area (Å²) >= 11 is 0. The van der Waals surface area contributed by atoms with Crippen molar-refractivity contribution in [1.82, 2.24) is 0 Å². The molecule has 0 radical (unpaired) electrons. The Morgan fingerprint density at radius 3 is 1.27 bits per heavy atom. The van der Waals surface area contributed by atoms with E-state index in [9.17, 15) is 0 Å². The summed E-state index contributed by atoms with van der Waals surface area (Å²) in [7, 11) is -12.2. The van der Waals surface area contributed by atoms with E-state index < -0.39 is 65.5 Å². The van der Waals surface area contributed by atoms with E-state index in [1.807, 2.05) is 0 Å². The van der Waals surface area contributed by atoms with Crippen LogP contribution in [0.5, 0.6) is 0 Å². The van der Waals surface area contributed by atoms with Gasteiger partial charge in [-0.05, 0) is 29.1 Å². The van der Waals surface area contributed by atoms with E-state index in [0.29, 0.717) is 16.6 Å². The van der Waals surface area contributed by atoms with Crippen LogP contribution in [-0.2, 0) is 4.43 Å². The monoisotopic (exact) mass is 710 g/mol. The Morgan fingerprint density at radius 1 is 0.634 bits per heavy atom. The summed E-state index contributed by atoms with van der Waals surface area (Å²) in [5.41, 5.74) is 4.80. The fourth-order valence-electron chi connectivity index (χ4n) is 12.2. The summed E-state index contributed by atoms with van der Waals surface area (Å²) in [4.78, 5) is 0. The zero-order valence-electron chi connectivity index (χ0n) is 31.4. The van der Waals surface area contributed by atoms with Crippen molar-refractivity contribution >= 4 is 70.9 Å². The van der Waals surface area contributed by atoms with Gasteiger partial charge in [-0.3, -0.25) is 0 Å². The minimum absolute atomic E-state index is 0.607. The first-order valence-corrected chi connectivity index (χ1v) is 49.2. The van der Waals surface area contributed by atoms with Gasteiger partial charge < -0.3 is 4.43 Å².